The first-order chi connectivity index (χ1) is 11.0. The van der Waals surface area contributed by atoms with Gasteiger partial charge in [-0.1, -0.05) is 65.2 Å². The Kier molecular flexibility index (Phi) is 10.7. The van der Waals surface area contributed by atoms with Gasteiger partial charge in [-0.15, -0.1) is 0 Å². The lowest BCUT2D eigenvalue weighted by molar-refractivity contribution is 0.0798. The molecule has 3 atom stereocenters. The third-order valence-corrected chi connectivity index (χ3v) is 8.74. The molecule has 1 aliphatic rings. The Morgan fingerprint density at radius 3 is 2.22 bits per heavy atom. The zero-order valence-corrected chi connectivity index (χ0v) is 17.5. The first-order valence-corrected chi connectivity index (χ1v) is 12.9. The van der Waals surface area contributed by atoms with Crippen LogP contribution in [0.1, 0.15) is 91.9 Å². The molecular weight excluding hydrogens is 300 g/mol. The molecule has 3 unspecified atom stereocenters. The third kappa shape index (κ3) is 8.17. The zero-order valence-electron chi connectivity index (χ0n) is 16.5. The minimum atomic E-state index is -2.05. The lowest BCUT2D eigenvalue weighted by Crippen LogP contribution is -2.45. The third-order valence-electron chi connectivity index (χ3n) is 5.65. The summed E-state index contributed by atoms with van der Waals surface area (Å²) in [4.78, 5) is 0. The van der Waals surface area contributed by atoms with Crippen molar-refractivity contribution in [2.45, 2.75) is 111 Å². The lowest BCUT2D eigenvalue weighted by atomic mass is 9.95. The summed E-state index contributed by atoms with van der Waals surface area (Å²) >= 11 is 0. The van der Waals surface area contributed by atoms with E-state index in [4.69, 9.17) is 8.85 Å². The monoisotopic (exact) mass is 342 g/mol. The van der Waals surface area contributed by atoms with E-state index >= 15 is 0 Å². The van der Waals surface area contributed by atoms with E-state index in [9.17, 15) is 0 Å². The molecule has 0 heterocycles. The molecule has 0 aliphatic heterocycles. The van der Waals surface area contributed by atoms with Crippen LogP contribution in [-0.2, 0) is 8.85 Å². The molecule has 0 bridgehead atoms. The van der Waals surface area contributed by atoms with Crippen molar-refractivity contribution in [1.29, 1.82) is 0 Å². The fourth-order valence-corrected chi connectivity index (χ4v) is 7.60. The van der Waals surface area contributed by atoms with Gasteiger partial charge in [-0.3, -0.25) is 0 Å². The van der Waals surface area contributed by atoms with Gasteiger partial charge in [0.25, 0.3) is 0 Å². The molecule has 1 fully saturated rings. The number of unbranched alkanes of at least 4 members (excludes halogenated alkanes) is 1. The Morgan fingerprint density at radius 1 is 1.04 bits per heavy atom. The van der Waals surface area contributed by atoms with Gasteiger partial charge in [-0.2, -0.15) is 0 Å². The summed E-state index contributed by atoms with van der Waals surface area (Å²) in [5.41, 5.74) is 0. The maximum absolute atomic E-state index is 6.70. The van der Waals surface area contributed by atoms with Crippen LogP contribution >= 0.6 is 0 Å². The second-order valence-electron chi connectivity index (χ2n) is 7.76. The summed E-state index contributed by atoms with van der Waals surface area (Å²) in [6.45, 7) is 12.2. The minimum absolute atomic E-state index is 0.375. The van der Waals surface area contributed by atoms with Crippen molar-refractivity contribution in [2.24, 2.45) is 11.8 Å². The molecule has 0 N–H and O–H groups in total. The summed E-state index contributed by atoms with van der Waals surface area (Å²) in [6.07, 6.45) is 13.9. The highest BCUT2D eigenvalue weighted by Gasteiger charge is 2.37. The van der Waals surface area contributed by atoms with Crippen molar-refractivity contribution in [2.75, 3.05) is 6.61 Å². The highest BCUT2D eigenvalue weighted by molar-refractivity contribution is 6.66. The standard InChI is InChI=1S/C20H42O2Si/c1-6-9-14-19(7-2)17-23(5,21-8-3)22-18(4)20-15-12-10-11-13-16-20/h18-20H,6-17H2,1-5H3. The molecule has 3 heteroatoms. The van der Waals surface area contributed by atoms with Crippen molar-refractivity contribution >= 4 is 8.56 Å². The molecule has 1 saturated carbocycles. The molecule has 1 aliphatic carbocycles. The molecule has 2 nitrogen and oxygen atoms in total. The first kappa shape index (κ1) is 21.2. The largest absolute Gasteiger partial charge is 0.395 e. The van der Waals surface area contributed by atoms with Gasteiger partial charge in [0.1, 0.15) is 0 Å². The summed E-state index contributed by atoms with van der Waals surface area (Å²) < 4.78 is 13.0. The van der Waals surface area contributed by atoms with Crippen LogP contribution < -0.4 is 0 Å². The van der Waals surface area contributed by atoms with Gasteiger partial charge in [-0.05, 0) is 51.1 Å². The maximum atomic E-state index is 6.70. The van der Waals surface area contributed by atoms with E-state index in [1.807, 2.05) is 0 Å². The minimum Gasteiger partial charge on any atom is -0.395 e. The van der Waals surface area contributed by atoms with Gasteiger partial charge in [0, 0.05) is 12.7 Å². The quantitative estimate of drug-likeness (QED) is 0.308. The predicted molar refractivity (Wildman–Crippen MR) is 103 cm³/mol. The Morgan fingerprint density at radius 2 is 1.70 bits per heavy atom. The Bertz CT molecular complexity index is 289. The van der Waals surface area contributed by atoms with Gasteiger partial charge in [-0.25, -0.2) is 0 Å². The van der Waals surface area contributed by atoms with Crippen LogP contribution in [0.25, 0.3) is 0 Å². The van der Waals surface area contributed by atoms with E-state index in [2.05, 4.69) is 34.2 Å². The van der Waals surface area contributed by atoms with Crippen LogP contribution in [0.2, 0.25) is 12.6 Å². The van der Waals surface area contributed by atoms with Crippen molar-refractivity contribution < 1.29 is 8.85 Å². The van der Waals surface area contributed by atoms with Crippen LogP contribution in [-0.4, -0.2) is 21.3 Å². The molecule has 0 amide bonds. The van der Waals surface area contributed by atoms with Crippen LogP contribution in [0.3, 0.4) is 0 Å². The molecule has 0 aromatic heterocycles. The highest BCUT2D eigenvalue weighted by Crippen LogP contribution is 2.32. The summed E-state index contributed by atoms with van der Waals surface area (Å²) in [7, 11) is -2.05. The van der Waals surface area contributed by atoms with Crippen LogP contribution in [0, 0.1) is 11.8 Å². The fourth-order valence-electron chi connectivity index (χ4n) is 4.18. The van der Waals surface area contributed by atoms with Crippen LogP contribution in [0.15, 0.2) is 0 Å². The van der Waals surface area contributed by atoms with Crippen molar-refractivity contribution in [3.63, 3.8) is 0 Å². The normalized spacial score (nSPS) is 22.3. The summed E-state index contributed by atoms with van der Waals surface area (Å²) in [6, 6.07) is 1.18. The van der Waals surface area contributed by atoms with E-state index in [1.54, 1.807) is 0 Å². The highest BCUT2D eigenvalue weighted by atomic mass is 28.4. The van der Waals surface area contributed by atoms with E-state index < -0.39 is 8.56 Å². The van der Waals surface area contributed by atoms with Gasteiger partial charge < -0.3 is 8.85 Å². The van der Waals surface area contributed by atoms with E-state index in [1.165, 1.54) is 70.3 Å². The molecule has 0 saturated heterocycles. The number of rotatable bonds is 11. The molecule has 138 valence electrons. The second-order valence-corrected chi connectivity index (χ2v) is 11.0. The average molecular weight is 343 g/mol. The van der Waals surface area contributed by atoms with Gasteiger partial charge in [0.15, 0.2) is 0 Å². The molecular formula is C20H42O2Si. The summed E-state index contributed by atoms with van der Waals surface area (Å²) in [5, 5.41) is 0. The van der Waals surface area contributed by atoms with Gasteiger partial charge in [0.2, 0.25) is 0 Å². The second kappa shape index (κ2) is 11.6. The Hall–Kier alpha value is 0.137. The molecule has 0 aromatic rings. The fraction of sp³-hybridized carbons (Fsp3) is 1.00. The summed E-state index contributed by atoms with van der Waals surface area (Å²) in [5.74, 6) is 1.53. The molecule has 23 heavy (non-hydrogen) atoms. The van der Waals surface area contributed by atoms with E-state index in [0.29, 0.717) is 6.10 Å². The van der Waals surface area contributed by atoms with E-state index in [0.717, 1.165) is 18.4 Å². The van der Waals surface area contributed by atoms with Gasteiger partial charge in [0.05, 0.1) is 0 Å². The van der Waals surface area contributed by atoms with Crippen LogP contribution in [0.4, 0.5) is 0 Å². The average Bonchev–Trinajstić information content (AvgIpc) is 2.80. The molecule has 1 rings (SSSR count). The van der Waals surface area contributed by atoms with Crippen molar-refractivity contribution in [3.05, 3.63) is 0 Å². The van der Waals surface area contributed by atoms with E-state index in [-0.39, 0.29) is 0 Å². The number of hydrogen-bond donors (Lipinski definition) is 0. The van der Waals surface area contributed by atoms with Crippen molar-refractivity contribution in [3.8, 4) is 0 Å². The van der Waals surface area contributed by atoms with Crippen molar-refractivity contribution in [1.82, 2.24) is 0 Å². The Balaban J connectivity index is 2.62. The lowest BCUT2D eigenvalue weighted by Gasteiger charge is -2.35. The Labute approximate surface area is 147 Å². The van der Waals surface area contributed by atoms with Gasteiger partial charge >= 0.3 is 8.56 Å². The molecule has 0 radical (unpaired) electrons. The smallest absolute Gasteiger partial charge is 0.335 e. The SMILES string of the molecule is CCCCC(CC)C[Si](C)(OCC)OC(C)C1CCCCCC1. The zero-order chi connectivity index (χ0) is 17.1. The van der Waals surface area contributed by atoms with Crippen LogP contribution in [0.5, 0.6) is 0 Å². The topological polar surface area (TPSA) is 18.5 Å². The molecule has 0 spiro atoms. The first-order valence-electron chi connectivity index (χ1n) is 10.4. The maximum Gasteiger partial charge on any atom is 0.335 e. The predicted octanol–water partition coefficient (Wildman–Crippen LogP) is 6.69. The molecule has 0 aromatic carbocycles. The number of hydrogen-bond acceptors (Lipinski definition) is 2.